The number of rotatable bonds is 6. The molecule has 140 valence electrons. The van der Waals surface area contributed by atoms with Crippen LogP contribution in [0.15, 0.2) is 77.3 Å². The summed E-state index contributed by atoms with van der Waals surface area (Å²) in [5, 5.41) is 0. The minimum atomic E-state index is -0.554. The molecule has 0 aliphatic carbocycles. The molecule has 0 bridgehead atoms. The van der Waals surface area contributed by atoms with Gasteiger partial charge < -0.3 is 9.47 Å². The van der Waals surface area contributed by atoms with Gasteiger partial charge in [0.2, 0.25) is 0 Å². The molecule has 0 saturated carbocycles. The Bertz CT molecular complexity index is 867. The summed E-state index contributed by atoms with van der Waals surface area (Å²) in [6.45, 7) is 6.95. The highest BCUT2D eigenvalue weighted by Crippen LogP contribution is 2.40. The van der Waals surface area contributed by atoms with Gasteiger partial charge in [0.25, 0.3) is 0 Å². The molecule has 0 aromatic heterocycles. The van der Waals surface area contributed by atoms with Gasteiger partial charge in [-0.25, -0.2) is 9.59 Å². The van der Waals surface area contributed by atoms with Gasteiger partial charge in [-0.2, -0.15) is 0 Å². The molecular formula is C18H10Br4O4S. The first-order valence-electron chi connectivity index (χ1n) is 7.07. The second kappa shape index (κ2) is 10.1. The zero-order chi connectivity index (χ0) is 20.1. The zero-order valence-electron chi connectivity index (χ0n) is 13.4. The van der Waals surface area contributed by atoms with Gasteiger partial charge >= 0.3 is 11.9 Å². The largest absolute Gasteiger partial charge is 0.423 e. The third-order valence-electron chi connectivity index (χ3n) is 2.89. The number of hydrogen-bond donors (Lipinski definition) is 0. The van der Waals surface area contributed by atoms with Gasteiger partial charge in [-0.15, -0.1) is 0 Å². The van der Waals surface area contributed by atoms with Crippen molar-refractivity contribution in [2.45, 2.75) is 9.79 Å². The van der Waals surface area contributed by atoms with Crippen molar-refractivity contribution < 1.29 is 19.1 Å². The summed E-state index contributed by atoms with van der Waals surface area (Å²) in [5.41, 5.74) is 0. The molecule has 0 amide bonds. The molecule has 0 heterocycles. The lowest BCUT2D eigenvalue weighted by Gasteiger charge is -2.10. The molecular weight excluding hydrogens is 632 g/mol. The van der Waals surface area contributed by atoms with Crippen molar-refractivity contribution >= 4 is 87.4 Å². The molecule has 4 nitrogen and oxygen atoms in total. The Balaban J connectivity index is 2.14. The molecule has 2 aromatic carbocycles. The van der Waals surface area contributed by atoms with E-state index in [0.717, 1.165) is 18.7 Å². The van der Waals surface area contributed by atoms with Crippen molar-refractivity contribution in [1.29, 1.82) is 0 Å². The molecule has 0 radical (unpaired) electrons. The molecule has 2 rings (SSSR count). The van der Waals surface area contributed by atoms with E-state index in [-0.39, 0.29) is 8.96 Å². The number of benzene rings is 2. The summed E-state index contributed by atoms with van der Waals surface area (Å²) >= 11 is 14.4. The van der Waals surface area contributed by atoms with E-state index >= 15 is 0 Å². The third kappa shape index (κ3) is 6.60. The maximum atomic E-state index is 11.6. The van der Waals surface area contributed by atoms with E-state index in [9.17, 15) is 9.59 Å². The van der Waals surface area contributed by atoms with Crippen LogP contribution in [0, 0.1) is 0 Å². The number of ether oxygens (including phenoxy) is 2. The van der Waals surface area contributed by atoms with Crippen molar-refractivity contribution in [1.82, 2.24) is 0 Å². The van der Waals surface area contributed by atoms with Crippen molar-refractivity contribution in [3.63, 3.8) is 0 Å². The molecule has 0 saturated heterocycles. The highest BCUT2D eigenvalue weighted by Gasteiger charge is 2.12. The van der Waals surface area contributed by atoms with Gasteiger partial charge in [-0.05, 0) is 100 Å². The lowest BCUT2D eigenvalue weighted by Crippen LogP contribution is -2.06. The summed E-state index contributed by atoms with van der Waals surface area (Å²) in [5.74, 6) is -0.316. The first kappa shape index (κ1) is 22.4. The van der Waals surface area contributed by atoms with Gasteiger partial charge in [-0.3, -0.25) is 0 Å². The van der Waals surface area contributed by atoms with Crippen LogP contribution in [0.25, 0.3) is 0 Å². The van der Waals surface area contributed by atoms with E-state index < -0.39 is 11.9 Å². The SMILES string of the molecule is C=C(Br)C(=O)Oc1ccc(Sc2ccc(OC(=O)C(=C)Br)cc2Br)c(Br)c1. The predicted molar refractivity (Wildman–Crippen MR) is 120 cm³/mol. The topological polar surface area (TPSA) is 52.6 Å². The zero-order valence-corrected chi connectivity index (χ0v) is 20.6. The Labute approximate surface area is 193 Å². The second-order valence-corrected chi connectivity index (χ2v) is 9.58. The molecule has 0 aliphatic rings. The molecule has 2 aromatic rings. The molecule has 0 atom stereocenters. The standard InChI is InChI=1S/C18H10Br4O4S/c1-9(19)17(23)25-11-3-5-15(13(21)7-11)27-16-6-4-12(8-14(16)22)26-18(24)10(2)20/h3-8H,1-2H2. The number of hydrogen-bond acceptors (Lipinski definition) is 5. The maximum Gasteiger partial charge on any atom is 0.350 e. The summed E-state index contributed by atoms with van der Waals surface area (Å²) in [7, 11) is 0. The van der Waals surface area contributed by atoms with Crippen LogP contribution in [0.5, 0.6) is 11.5 Å². The monoisotopic (exact) mass is 638 g/mol. The van der Waals surface area contributed by atoms with Crippen molar-refractivity contribution in [3.8, 4) is 11.5 Å². The van der Waals surface area contributed by atoms with E-state index in [1.54, 1.807) is 24.3 Å². The van der Waals surface area contributed by atoms with E-state index in [4.69, 9.17) is 9.47 Å². The maximum absolute atomic E-state index is 11.6. The summed E-state index contributed by atoms with van der Waals surface area (Å²) < 4.78 is 12.1. The van der Waals surface area contributed by atoms with Crippen LogP contribution in [0.4, 0.5) is 0 Å². The average molecular weight is 642 g/mol. The Kier molecular flexibility index (Phi) is 8.36. The molecule has 0 fully saturated rings. The molecule has 27 heavy (non-hydrogen) atoms. The van der Waals surface area contributed by atoms with Crippen LogP contribution in [0.2, 0.25) is 0 Å². The third-order valence-corrected chi connectivity index (χ3v) is 6.53. The molecule has 0 N–H and O–H groups in total. The van der Waals surface area contributed by atoms with E-state index in [0.29, 0.717) is 11.5 Å². The lowest BCUT2D eigenvalue weighted by molar-refractivity contribution is -0.130. The van der Waals surface area contributed by atoms with Crippen LogP contribution in [-0.2, 0) is 9.59 Å². The van der Waals surface area contributed by atoms with Crippen LogP contribution in [-0.4, -0.2) is 11.9 Å². The van der Waals surface area contributed by atoms with Gasteiger partial charge in [0.05, 0.1) is 8.96 Å². The summed E-state index contributed by atoms with van der Waals surface area (Å²) in [6, 6.07) is 10.4. The average Bonchev–Trinajstić information content (AvgIpc) is 2.59. The lowest BCUT2D eigenvalue weighted by atomic mass is 10.3. The normalized spacial score (nSPS) is 10.2. The minimum Gasteiger partial charge on any atom is -0.423 e. The molecule has 0 unspecified atom stereocenters. The van der Waals surface area contributed by atoms with Crippen LogP contribution < -0.4 is 9.47 Å². The van der Waals surface area contributed by atoms with Crippen molar-refractivity contribution in [2.75, 3.05) is 0 Å². The minimum absolute atomic E-state index is 0.144. The van der Waals surface area contributed by atoms with E-state index in [2.05, 4.69) is 76.9 Å². The fraction of sp³-hybridized carbons (Fsp3) is 0. The Hall–Kier alpha value is -0.870. The van der Waals surface area contributed by atoms with Gasteiger partial charge in [0.15, 0.2) is 0 Å². The number of esters is 2. The van der Waals surface area contributed by atoms with Crippen LogP contribution >= 0.6 is 75.5 Å². The molecule has 0 aliphatic heterocycles. The summed E-state index contributed by atoms with van der Waals surface area (Å²) in [6.07, 6.45) is 0. The van der Waals surface area contributed by atoms with Crippen molar-refractivity contribution in [2.24, 2.45) is 0 Å². The van der Waals surface area contributed by atoms with Crippen molar-refractivity contribution in [3.05, 3.63) is 67.5 Å². The van der Waals surface area contributed by atoms with Gasteiger partial charge in [0, 0.05) is 18.7 Å². The Morgan fingerprint density at radius 1 is 0.778 bits per heavy atom. The molecule has 9 heteroatoms. The fourth-order valence-electron chi connectivity index (χ4n) is 1.70. The quantitative estimate of drug-likeness (QED) is 0.193. The van der Waals surface area contributed by atoms with Gasteiger partial charge in [-0.1, -0.05) is 24.9 Å². The number of carbonyl (C=O) groups is 2. The fourth-order valence-corrected chi connectivity index (χ4v) is 3.88. The first-order chi connectivity index (χ1) is 12.7. The van der Waals surface area contributed by atoms with Gasteiger partial charge in [0.1, 0.15) is 11.5 Å². The number of carbonyl (C=O) groups excluding carboxylic acids is 2. The highest BCUT2D eigenvalue weighted by molar-refractivity contribution is 9.12. The van der Waals surface area contributed by atoms with E-state index in [1.165, 1.54) is 11.8 Å². The Morgan fingerprint density at radius 2 is 1.15 bits per heavy atom. The smallest absolute Gasteiger partial charge is 0.350 e. The highest BCUT2D eigenvalue weighted by atomic mass is 79.9. The van der Waals surface area contributed by atoms with Crippen LogP contribution in [0.1, 0.15) is 0 Å². The van der Waals surface area contributed by atoms with Crippen LogP contribution in [0.3, 0.4) is 0 Å². The predicted octanol–water partition coefficient (Wildman–Crippen LogP) is 6.99. The number of halogens is 4. The molecule has 0 spiro atoms. The summed E-state index contributed by atoms with van der Waals surface area (Å²) in [4.78, 5) is 24.9. The first-order valence-corrected chi connectivity index (χ1v) is 11.1. The Morgan fingerprint density at radius 3 is 1.44 bits per heavy atom. The second-order valence-electron chi connectivity index (χ2n) is 4.88. The van der Waals surface area contributed by atoms with E-state index in [1.807, 2.05) is 12.1 Å².